The lowest BCUT2D eigenvalue weighted by Crippen LogP contribution is -2.36. The zero-order valence-corrected chi connectivity index (χ0v) is 11.9. The Morgan fingerprint density at radius 2 is 2.21 bits per heavy atom. The second-order valence-corrected chi connectivity index (χ2v) is 5.34. The van der Waals surface area contributed by atoms with Crippen molar-refractivity contribution < 1.29 is 9.84 Å². The molecule has 0 saturated carbocycles. The summed E-state index contributed by atoms with van der Waals surface area (Å²) in [6.07, 6.45) is 0. The van der Waals surface area contributed by atoms with Gasteiger partial charge in [0.05, 0.1) is 12.8 Å². The number of ether oxygens (including phenoxy) is 1. The van der Waals surface area contributed by atoms with Crippen LogP contribution in [0.3, 0.4) is 0 Å². The highest BCUT2D eigenvalue weighted by molar-refractivity contribution is 5.15. The maximum absolute atomic E-state index is 9.46. The average Bonchev–Trinajstić information content (AvgIpc) is 2.82. The van der Waals surface area contributed by atoms with Gasteiger partial charge in [0.15, 0.2) is 0 Å². The Hall–Kier alpha value is -1.17. The van der Waals surface area contributed by atoms with Crippen molar-refractivity contribution in [2.45, 2.75) is 12.6 Å². The van der Waals surface area contributed by atoms with Gasteiger partial charge in [-0.1, -0.05) is 6.07 Å². The molecule has 0 spiro atoms. The molecule has 106 valence electrons. The van der Waals surface area contributed by atoms with Crippen LogP contribution in [0.15, 0.2) is 18.2 Å². The first-order valence-electron chi connectivity index (χ1n) is 6.63. The number of hydrogen-bond donors (Lipinski definition) is 1. The fraction of sp³-hybridized carbons (Fsp3) is 0.643. The Morgan fingerprint density at radius 3 is 2.79 bits per heavy atom. The van der Waals surface area contributed by atoms with Gasteiger partial charge < -0.3 is 14.7 Å². The monoisotopic (exact) mass is 265 g/mol. The number of nitrogens with zero attached hydrogens (tertiary/aromatic N) is 3. The second kappa shape index (κ2) is 6.32. The molecule has 2 heterocycles. The van der Waals surface area contributed by atoms with Gasteiger partial charge in [0.1, 0.15) is 0 Å². The van der Waals surface area contributed by atoms with Crippen LogP contribution >= 0.6 is 0 Å². The lowest BCUT2D eigenvalue weighted by Gasteiger charge is -2.23. The standard InChI is InChI=1S/C14H23N3O2/c1-16(2)13-9-17(7-11(13)10-18)8-12-5-4-6-14(15-12)19-3/h4-6,11,13,18H,7-10H2,1-3H3/t11-,13+/m0/s1. The molecule has 5 heteroatoms. The number of methoxy groups -OCH3 is 1. The fourth-order valence-electron chi connectivity index (χ4n) is 2.72. The zero-order chi connectivity index (χ0) is 13.8. The lowest BCUT2D eigenvalue weighted by atomic mass is 10.0. The minimum absolute atomic E-state index is 0.241. The molecule has 0 amide bonds. The third kappa shape index (κ3) is 3.43. The van der Waals surface area contributed by atoms with E-state index in [9.17, 15) is 5.11 Å². The van der Waals surface area contributed by atoms with Gasteiger partial charge in [0.2, 0.25) is 5.88 Å². The number of likely N-dealkylation sites (N-methyl/N-ethyl adjacent to an activating group) is 1. The number of aliphatic hydroxyl groups excluding tert-OH is 1. The summed E-state index contributed by atoms with van der Waals surface area (Å²) in [6, 6.07) is 6.24. The van der Waals surface area contributed by atoms with E-state index in [-0.39, 0.29) is 6.61 Å². The summed E-state index contributed by atoms with van der Waals surface area (Å²) in [5, 5.41) is 9.46. The van der Waals surface area contributed by atoms with Crippen molar-refractivity contribution in [3.8, 4) is 5.88 Å². The van der Waals surface area contributed by atoms with Crippen molar-refractivity contribution >= 4 is 0 Å². The molecule has 1 fully saturated rings. The van der Waals surface area contributed by atoms with Crippen LogP contribution in [0.25, 0.3) is 0 Å². The molecule has 0 aromatic carbocycles. The van der Waals surface area contributed by atoms with E-state index < -0.39 is 0 Å². The van der Waals surface area contributed by atoms with Gasteiger partial charge in [0, 0.05) is 44.3 Å². The van der Waals surface area contributed by atoms with Crippen molar-refractivity contribution in [3.05, 3.63) is 23.9 Å². The minimum Gasteiger partial charge on any atom is -0.481 e. The van der Waals surface area contributed by atoms with Crippen LogP contribution < -0.4 is 4.74 Å². The molecule has 0 bridgehead atoms. The number of rotatable bonds is 5. The van der Waals surface area contributed by atoms with Crippen LogP contribution in [0.5, 0.6) is 5.88 Å². The molecule has 19 heavy (non-hydrogen) atoms. The maximum Gasteiger partial charge on any atom is 0.213 e. The molecular formula is C14H23N3O2. The summed E-state index contributed by atoms with van der Waals surface area (Å²) in [4.78, 5) is 8.97. The first-order valence-corrected chi connectivity index (χ1v) is 6.63. The molecule has 1 aliphatic rings. The van der Waals surface area contributed by atoms with Crippen molar-refractivity contribution in [1.29, 1.82) is 0 Å². The van der Waals surface area contributed by atoms with E-state index in [1.807, 2.05) is 18.2 Å². The molecule has 0 unspecified atom stereocenters. The molecule has 2 rings (SSSR count). The topological polar surface area (TPSA) is 48.8 Å². The second-order valence-electron chi connectivity index (χ2n) is 5.34. The number of aliphatic hydroxyl groups is 1. The highest BCUT2D eigenvalue weighted by atomic mass is 16.5. The Morgan fingerprint density at radius 1 is 1.42 bits per heavy atom. The lowest BCUT2D eigenvalue weighted by molar-refractivity contribution is 0.167. The number of pyridine rings is 1. The fourth-order valence-corrected chi connectivity index (χ4v) is 2.72. The van der Waals surface area contributed by atoms with Crippen molar-refractivity contribution in [3.63, 3.8) is 0 Å². The smallest absolute Gasteiger partial charge is 0.213 e. The van der Waals surface area contributed by atoms with Crippen LogP contribution in [0.1, 0.15) is 5.69 Å². The third-order valence-corrected chi connectivity index (χ3v) is 3.76. The summed E-state index contributed by atoms with van der Waals surface area (Å²) in [5.74, 6) is 0.972. The molecule has 1 N–H and O–H groups in total. The van der Waals surface area contributed by atoms with E-state index in [0.29, 0.717) is 17.8 Å². The van der Waals surface area contributed by atoms with Crippen LogP contribution in [0.2, 0.25) is 0 Å². The molecule has 5 nitrogen and oxygen atoms in total. The van der Waals surface area contributed by atoms with Gasteiger partial charge in [-0.05, 0) is 20.2 Å². The summed E-state index contributed by atoms with van der Waals surface area (Å²) in [7, 11) is 5.77. The van der Waals surface area contributed by atoms with E-state index in [4.69, 9.17) is 4.74 Å². The van der Waals surface area contributed by atoms with Gasteiger partial charge in [-0.15, -0.1) is 0 Å². The molecule has 1 aromatic heterocycles. The summed E-state index contributed by atoms with van der Waals surface area (Å²) in [5.41, 5.74) is 1.01. The van der Waals surface area contributed by atoms with Crippen molar-refractivity contribution in [1.82, 2.24) is 14.8 Å². The molecule has 0 aliphatic carbocycles. The minimum atomic E-state index is 0.241. The number of aromatic nitrogens is 1. The van der Waals surface area contributed by atoms with Gasteiger partial charge >= 0.3 is 0 Å². The van der Waals surface area contributed by atoms with E-state index in [2.05, 4.69) is 28.9 Å². The van der Waals surface area contributed by atoms with Gasteiger partial charge in [-0.3, -0.25) is 4.90 Å². The van der Waals surface area contributed by atoms with Crippen LogP contribution in [-0.2, 0) is 6.54 Å². The van der Waals surface area contributed by atoms with Gasteiger partial charge in [-0.2, -0.15) is 0 Å². The highest BCUT2D eigenvalue weighted by Crippen LogP contribution is 2.22. The zero-order valence-electron chi connectivity index (χ0n) is 11.9. The van der Waals surface area contributed by atoms with Crippen molar-refractivity contribution in [2.24, 2.45) is 5.92 Å². The Balaban J connectivity index is 2.00. The van der Waals surface area contributed by atoms with Crippen LogP contribution in [0.4, 0.5) is 0 Å². The summed E-state index contributed by atoms with van der Waals surface area (Å²) in [6.45, 7) is 2.93. The largest absolute Gasteiger partial charge is 0.481 e. The quantitative estimate of drug-likeness (QED) is 0.837. The van der Waals surface area contributed by atoms with Crippen LogP contribution in [-0.4, -0.2) is 66.8 Å². The number of hydrogen-bond acceptors (Lipinski definition) is 5. The van der Waals surface area contributed by atoms with Crippen molar-refractivity contribution in [2.75, 3.05) is 40.9 Å². The number of likely N-dealkylation sites (tertiary alicyclic amines) is 1. The Bertz CT molecular complexity index is 411. The summed E-state index contributed by atoms with van der Waals surface area (Å²) >= 11 is 0. The summed E-state index contributed by atoms with van der Waals surface area (Å²) < 4.78 is 5.14. The Kier molecular flexibility index (Phi) is 4.74. The predicted molar refractivity (Wildman–Crippen MR) is 74.1 cm³/mol. The van der Waals surface area contributed by atoms with E-state index >= 15 is 0 Å². The molecule has 1 aliphatic heterocycles. The third-order valence-electron chi connectivity index (χ3n) is 3.76. The predicted octanol–water partition coefficient (Wildman–Crippen LogP) is 0.444. The average molecular weight is 265 g/mol. The van der Waals surface area contributed by atoms with E-state index in [1.54, 1.807) is 7.11 Å². The Labute approximate surface area is 114 Å². The molecule has 0 radical (unpaired) electrons. The SMILES string of the molecule is COc1cccc(CN2C[C@@H](CO)[C@H](N(C)C)C2)n1. The normalized spacial score (nSPS) is 24.1. The first kappa shape index (κ1) is 14.2. The van der Waals surface area contributed by atoms with E-state index in [1.165, 1.54) is 0 Å². The molecule has 1 aromatic rings. The molecule has 2 atom stereocenters. The first-order chi connectivity index (χ1) is 9.13. The maximum atomic E-state index is 9.46. The van der Waals surface area contributed by atoms with Gasteiger partial charge in [0.25, 0.3) is 0 Å². The molecule has 1 saturated heterocycles. The molecular weight excluding hydrogens is 242 g/mol. The van der Waals surface area contributed by atoms with E-state index in [0.717, 1.165) is 25.3 Å². The van der Waals surface area contributed by atoms with Gasteiger partial charge in [-0.25, -0.2) is 4.98 Å². The highest BCUT2D eigenvalue weighted by Gasteiger charge is 2.33. The van der Waals surface area contributed by atoms with Crippen LogP contribution in [0, 0.1) is 5.92 Å².